The van der Waals surface area contributed by atoms with Crippen molar-refractivity contribution in [2.75, 3.05) is 4.81 Å². The highest BCUT2D eigenvalue weighted by Crippen LogP contribution is 2.57. The van der Waals surface area contributed by atoms with E-state index in [0.717, 1.165) is 34.0 Å². The highest BCUT2D eigenvalue weighted by molar-refractivity contribution is 7.26. The lowest BCUT2D eigenvalue weighted by Crippen LogP contribution is -2.55. The number of fused-ring (bicyclic) bond motifs is 10. The van der Waals surface area contributed by atoms with Crippen molar-refractivity contribution >= 4 is 60.7 Å². The van der Waals surface area contributed by atoms with Gasteiger partial charge >= 0.3 is 6.85 Å². The summed E-state index contributed by atoms with van der Waals surface area (Å²) < 4.78 is 9.62. The van der Waals surface area contributed by atoms with Crippen LogP contribution in [0.2, 0.25) is 0 Å². The van der Waals surface area contributed by atoms with Crippen LogP contribution in [0.3, 0.4) is 0 Å². The van der Waals surface area contributed by atoms with Gasteiger partial charge in [0.05, 0.1) is 11.4 Å². The minimum atomic E-state index is -0.0630. The molecule has 6 heteroatoms. The molecule has 10 rings (SSSR count). The molecule has 5 aromatic carbocycles. The van der Waals surface area contributed by atoms with E-state index in [2.05, 4.69) is 135 Å². The van der Waals surface area contributed by atoms with Gasteiger partial charge < -0.3 is 9.55 Å². The third kappa shape index (κ3) is 3.84. The highest BCUT2D eigenvalue weighted by Gasteiger charge is 2.48. The lowest BCUT2D eigenvalue weighted by Gasteiger charge is -2.43. The molecular weight excluding hydrogens is 605 g/mol. The SMILES string of the molecule is CC(C)(C)c1ccc2c(c1)Oc1cc(C(C)(C)C)cc3c1N2B1c2cc4c(cc2-c2cc(-c5cncnc5)cc-3c21)sc1ccccc14. The number of hydrogen-bond donors (Lipinski definition) is 0. The molecule has 3 aliphatic rings. The molecule has 0 saturated heterocycles. The van der Waals surface area contributed by atoms with E-state index < -0.39 is 0 Å². The zero-order chi connectivity index (χ0) is 32.7. The Kier molecular flexibility index (Phi) is 5.48. The van der Waals surface area contributed by atoms with Gasteiger partial charge in [0.2, 0.25) is 0 Å². The molecule has 0 unspecified atom stereocenters. The first-order valence-corrected chi connectivity index (χ1v) is 17.6. The van der Waals surface area contributed by atoms with Gasteiger partial charge in [0.25, 0.3) is 0 Å². The first-order chi connectivity index (χ1) is 23.0. The molecule has 0 spiro atoms. The van der Waals surface area contributed by atoms with E-state index in [1.54, 1.807) is 6.33 Å². The van der Waals surface area contributed by atoms with E-state index in [0.29, 0.717) is 0 Å². The molecule has 0 fully saturated rings. The van der Waals surface area contributed by atoms with Gasteiger partial charge in [0.15, 0.2) is 5.75 Å². The normalized spacial score (nSPS) is 14.1. The fourth-order valence-corrected chi connectivity index (χ4v) is 9.15. The van der Waals surface area contributed by atoms with Crippen molar-refractivity contribution in [3.63, 3.8) is 0 Å². The van der Waals surface area contributed by atoms with Gasteiger partial charge in [-0.2, -0.15) is 0 Å². The van der Waals surface area contributed by atoms with Crippen molar-refractivity contribution in [2.24, 2.45) is 0 Å². The molecular formula is C42H34BN3OS. The summed E-state index contributed by atoms with van der Waals surface area (Å²) in [5.41, 5.74) is 14.7. The molecule has 0 N–H and O–H groups in total. The number of ether oxygens (including phenoxy) is 1. The zero-order valence-corrected chi connectivity index (χ0v) is 28.8. The summed E-state index contributed by atoms with van der Waals surface area (Å²) in [6.07, 6.45) is 5.45. The number of aromatic nitrogens is 2. The van der Waals surface area contributed by atoms with Crippen LogP contribution in [0.1, 0.15) is 52.7 Å². The van der Waals surface area contributed by atoms with Crippen molar-refractivity contribution in [3.05, 3.63) is 109 Å². The van der Waals surface area contributed by atoms with E-state index in [1.165, 1.54) is 64.5 Å². The molecule has 0 amide bonds. The molecule has 0 bridgehead atoms. The lowest BCUT2D eigenvalue weighted by atomic mass is 9.48. The monoisotopic (exact) mass is 639 g/mol. The van der Waals surface area contributed by atoms with Crippen molar-refractivity contribution in [1.82, 2.24) is 9.97 Å². The molecule has 0 saturated carbocycles. The second-order valence-electron chi connectivity index (χ2n) is 15.6. The number of hydrogen-bond acceptors (Lipinski definition) is 5. The summed E-state index contributed by atoms with van der Waals surface area (Å²) >= 11 is 1.88. The average Bonchev–Trinajstić information content (AvgIpc) is 3.59. The quantitative estimate of drug-likeness (QED) is 0.168. The lowest BCUT2D eigenvalue weighted by molar-refractivity contribution is 0.470. The Bertz CT molecular complexity index is 2520. The van der Waals surface area contributed by atoms with Crippen molar-refractivity contribution in [1.29, 1.82) is 0 Å². The van der Waals surface area contributed by atoms with E-state index in [4.69, 9.17) is 4.74 Å². The van der Waals surface area contributed by atoms with Gasteiger partial charge in [-0.3, -0.25) is 0 Å². The van der Waals surface area contributed by atoms with Crippen molar-refractivity contribution in [2.45, 2.75) is 52.4 Å². The Hall–Kier alpha value is -4.94. The van der Waals surface area contributed by atoms with Crippen LogP contribution in [-0.2, 0) is 10.8 Å². The number of thiophene rings is 1. The zero-order valence-electron chi connectivity index (χ0n) is 28.0. The number of rotatable bonds is 1. The van der Waals surface area contributed by atoms with E-state index in [-0.39, 0.29) is 17.7 Å². The molecule has 232 valence electrons. The standard InChI is InChI=1S/C42H34BN3OS/c1-41(2,3)25-11-12-34-35(16-25)47-36-17-26(42(4,5)6)15-32-31-14-23(24-20-44-22-45-21-24)13-30-28-19-38-29(27-9-7-8-10-37(27)48-38)18-33(28)43(39(30)31)46(34)40(32)36/h7-22H,1-6H3. The molecule has 4 nitrogen and oxygen atoms in total. The van der Waals surface area contributed by atoms with Crippen LogP contribution in [0.4, 0.5) is 11.4 Å². The van der Waals surface area contributed by atoms with Gasteiger partial charge in [0, 0.05) is 38.3 Å². The van der Waals surface area contributed by atoms with Gasteiger partial charge in [0.1, 0.15) is 12.1 Å². The van der Waals surface area contributed by atoms with Gasteiger partial charge in [-0.25, -0.2) is 9.97 Å². The largest absolute Gasteiger partial charge is 0.453 e. The summed E-state index contributed by atoms with van der Waals surface area (Å²) in [5, 5.41) is 2.65. The summed E-state index contributed by atoms with van der Waals surface area (Å²) in [4.78, 5) is 11.4. The molecule has 48 heavy (non-hydrogen) atoms. The smallest absolute Gasteiger partial charge is 0.330 e. The maximum Gasteiger partial charge on any atom is 0.330 e. The average molecular weight is 640 g/mol. The van der Waals surface area contributed by atoms with Gasteiger partial charge in [-0.05, 0) is 109 Å². The van der Waals surface area contributed by atoms with E-state index in [9.17, 15) is 0 Å². The Balaban J connectivity index is 1.34. The third-order valence-electron chi connectivity index (χ3n) is 10.5. The van der Waals surface area contributed by atoms with Gasteiger partial charge in [-0.1, -0.05) is 71.9 Å². The van der Waals surface area contributed by atoms with Crippen LogP contribution in [-0.4, -0.2) is 16.8 Å². The van der Waals surface area contributed by atoms with Gasteiger partial charge in [-0.15, -0.1) is 11.3 Å². The summed E-state index contributed by atoms with van der Waals surface area (Å²) in [7, 11) is 0. The Morgan fingerprint density at radius 3 is 2.15 bits per heavy atom. The van der Waals surface area contributed by atoms with Crippen molar-refractivity contribution in [3.8, 4) is 44.9 Å². The molecule has 0 aliphatic carbocycles. The molecule has 0 atom stereocenters. The third-order valence-corrected chi connectivity index (χ3v) is 11.7. The maximum atomic E-state index is 6.98. The number of anilines is 2. The predicted molar refractivity (Wildman–Crippen MR) is 202 cm³/mol. The molecule has 3 aliphatic heterocycles. The van der Waals surface area contributed by atoms with Crippen LogP contribution < -0.4 is 20.5 Å². The first kappa shape index (κ1) is 28.1. The Morgan fingerprint density at radius 1 is 0.646 bits per heavy atom. The van der Waals surface area contributed by atoms with Crippen LogP contribution in [0, 0.1) is 0 Å². The Labute approximate surface area is 285 Å². The minimum absolute atomic E-state index is 0.00186. The van der Waals surface area contributed by atoms with Crippen LogP contribution in [0.5, 0.6) is 11.5 Å². The second kappa shape index (κ2) is 9.36. The fraction of sp³-hybridized carbons (Fsp3) is 0.190. The molecule has 2 aromatic heterocycles. The highest BCUT2D eigenvalue weighted by atomic mass is 32.1. The molecule has 5 heterocycles. The summed E-state index contributed by atoms with van der Waals surface area (Å²) in [6, 6.07) is 30.0. The van der Waals surface area contributed by atoms with Crippen LogP contribution in [0.25, 0.3) is 53.6 Å². The van der Waals surface area contributed by atoms with Crippen molar-refractivity contribution < 1.29 is 4.74 Å². The Morgan fingerprint density at radius 2 is 1.38 bits per heavy atom. The second-order valence-corrected chi connectivity index (χ2v) is 16.7. The first-order valence-electron chi connectivity index (χ1n) is 16.7. The fourth-order valence-electron chi connectivity index (χ4n) is 8.02. The molecule has 0 radical (unpaired) electrons. The number of benzene rings is 5. The predicted octanol–water partition coefficient (Wildman–Crippen LogP) is 10.1. The van der Waals surface area contributed by atoms with E-state index in [1.807, 2.05) is 23.7 Å². The topological polar surface area (TPSA) is 38.2 Å². The van der Waals surface area contributed by atoms with Crippen LogP contribution in [0.15, 0.2) is 97.6 Å². The number of nitrogens with zero attached hydrogens (tertiary/aromatic N) is 3. The summed E-state index contributed by atoms with van der Waals surface area (Å²) in [6.45, 7) is 13.7. The summed E-state index contributed by atoms with van der Waals surface area (Å²) in [5.74, 6) is 1.85. The maximum absolute atomic E-state index is 6.98. The minimum Gasteiger partial charge on any atom is -0.453 e. The van der Waals surface area contributed by atoms with Crippen LogP contribution >= 0.6 is 11.3 Å². The molecule has 7 aromatic rings. The van der Waals surface area contributed by atoms with E-state index >= 15 is 0 Å².